The van der Waals surface area contributed by atoms with Crippen LogP contribution in [0.2, 0.25) is 0 Å². The van der Waals surface area contributed by atoms with Crippen molar-refractivity contribution in [3.05, 3.63) is 35.7 Å². The third-order valence-corrected chi connectivity index (χ3v) is 5.37. The van der Waals surface area contributed by atoms with Crippen molar-refractivity contribution in [2.45, 2.75) is 39.2 Å². The Kier molecular flexibility index (Phi) is 5.52. The van der Waals surface area contributed by atoms with Crippen molar-refractivity contribution in [1.29, 1.82) is 0 Å². The first-order valence-corrected chi connectivity index (χ1v) is 10.1. The summed E-state index contributed by atoms with van der Waals surface area (Å²) in [5.41, 5.74) is 2.96. The van der Waals surface area contributed by atoms with Crippen molar-refractivity contribution >= 4 is 11.7 Å². The lowest BCUT2D eigenvalue weighted by Gasteiger charge is -2.32. The van der Waals surface area contributed by atoms with Gasteiger partial charge < -0.3 is 15.0 Å². The van der Waals surface area contributed by atoms with Gasteiger partial charge in [-0.3, -0.25) is 9.78 Å². The molecule has 2 aliphatic rings. The van der Waals surface area contributed by atoms with Crippen LogP contribution in [0.25, 0.3) is 11.5 Å². The van der Waals surface area contributed by atoms with Gasteiger partial charge in [-0.25, -0.2) is 9.97 Å². The Morgan fingerprint density at radius 2 is 2.00 bits per heavy atom. The van der Waals surface area contributed by atoms with Gasteiger partial charge in [0, 0.05) is 30.5 Å². The number of nitrogens with one attached hydrogen (secondary N) is 1. The predicted octanol–water partition coefficient (Wildman–Crippen LogP) is 2.32. The quantitative estimate of drug-likeness (QED) is 0.856. The van der Waals surface area contributed by atoms with Gasteiger partial charge in [-0.1, -0.05) is 19.9 Å². The smallest absolute Gasteiger partial charge is 0.245 e. The van der Waals surface area contributed by atoms with Gasteiger partial charge in [0.15, 0.2) is 5.82 Å². The van der Waals surface area contributed by atoms with Gasteiger partial charge in [0.1, 0.15) is 17.6 Å². The number of carbonyl (C=O) groups is 1. The van der Waals surface area contributed by atoms with Crippen molar-refractivity contribution in [1.82, 2.24) is 19.9 Å². The lowest BCUT2D eigenvalue weighted by molar-refractivity contribution is -0.137. The Balaban J connectivity index is 1.65. The second-order valence-electron chi connectivity index (χ2n) is 7.69. The lowest BCUT2D eigenvalue weighted by atomic mass is 10.0. The number of ether oxygens (including phenoxy) is 1. The van der Waals surface area contributed by atoms with Crippen molar-refractivity contribution in [3.8, 4) is 11.5 Å². The molecule has 7 heteroatoms. The van der Waals surface area contributed by atoms with E-state index in [0.717, 1.165) is 42.0 Å². The first kappa shape index (κ1) is 18.8. The third-order valence-electron chi connectivity index (χ3n) is 5.37. The van der Waals surface area contributed by atoms with Crippen LogP contribution >= 0.6 is 0 Å². The van der Waals surface area contributed by atoms with E-state index in [1.165, 1.54) is 0 Å². The zero-order valence-corrected chi connectivity index (χ0v) is 16.5. The maximum absolute atomic E-state index is 13.2. The monoisotopic (exact) mass is 381 g/mol. The average Bonchev–Trinajstić information content (AvgIpc) is 3.21. The summed E-state index contributed by atoms with van der Waals surface area (Å²) >= 11 is 0. The Hall–Kier alpha value is -2.54. The number of fused-ring (bicyclic) bond motifs is 1. The molecule has 0 saturated carbocycles. The summed E-state index contributed by atoms with van der Waals surface area (Å²) in [4.78, 5) is 29.0. The van der Waals surface area contributed by atoms with Crippen molar-refractivity contribution < 1.29 is 9.53 Å². The number of anilines is 1. The van der Waals surface area contributed by atoms with E-state index in [4.69, 9.17) is 14.7 Å². The predicted molar refractivity (Wildman–Crippen MR) is 107 cm³/mol. The minimum atomic E-state index is -0.325. The fraction of sp³-hybridized carbons (Fsp3) is 0.524. The lowest BCUT2D eigenvalue weighted by Crippen LogP contribution is -2.50. The van der Waals surface area contributed by atoms with Crippen LogP contribution in [0.15, 0.2) is 24.4 Å². The number of aromatic nitrogens is 3. The number of hydrogen-bond acceptors (Lipinski definition) is 6. The highest BCUT2D eigenvalue weighted by molar-refractivity contribution is 5.85. The summed E-state index contributed by atoms with van der Waals surface area (Å²) in [6.07, 6.45) is 4.69. The molecule has 3 heterocycles. The highest BCUT2D eigenvalue weighted by Gasteiger charge is 2.30. The Morgan fingerprint density at radius 1 is 1.18 bits per heavy atom. The van der Waals surface area contributed by atoms with Crippen LogP contribution in [0.5, 0.6) is 0 Å². The van der Waals surface area contributed by atoms with Crippen LogP contribution in [0.4, 0.5) is 5.82 Å². The Bertz CT molecular complexity index is 834. The molecule has 1 aliphatic heterocycles. The largest absolute Gasteiger partial charge is 0.378 e. The zero-order chi connectivity index (χ0) is 19.5. The van der Waals surface area contributed by atoms with Crippen molar-refractivity contribution in [2.75, 3.05) is 31.6 Å². The summed E-state index contributed by atoms with van der Waals surface area (Å²) < 4.78 is 5.39. The van der Waals surface area contributed by atoms with Gasteiger partial charge in [0.2, 0.25) is 5.91 Å². The number of carbonyl (C=O) groups excluding carboxylic acids is 1. The number of nitrogens with zero attached hydrogens (tertiary/aromatic N) is 4. The number of aryl methyl sites for hydroxylation is 1. The van der Waals surface area contributed by atoms with Crippen molar-refractivity contribution in [3.63, 3.8) is 0 Å². The Morgan fingerprint density at radius 3 is 2.71 bits per heavy atom. The molecular weight excluding hydrogens is 354 g/mol. The molecule has 7 nitrogen and oxygen atoms in total. The van der Waals surface area contributed by atoms with E-state index in [0.29, 0.717) is 32.1 Å². The van der Waals surface area contributed by atoms with Gasteiger partial charge >= 0.3 is 0 Å². The molecule has 1 unspecified atom stereocenters. The van der Waals surface area contributed by atoms with Crippen LogP contribution in [0.1, 0.15) is 31.5 Å². The fourth-order valence-corrected chi connectivity index (χ4v) is 3.80. The Labute approximate surface area is 165 Å². The number of pyridine rings is 1. The number of amides is 1. The van der Waals surface area contributed by atoms with Crippen LogP contribution in [-0.2, 0) is 22.4 Å². The SMILES string of the molecule is CC(C)C(Nc1nc(-c2ccccn2)nc2c1CCC2)C(=O)N1CCOCC1. The van der Waals surface area contributed by atoms with Crippen LogP contribution < -0.4 is 5.32 Å². The first-order valence-electron chi connectivity index (χ1n) is 10.1. The van der Waals surface area contributed by atoms with Gasteiger partial charge in [-0.15, -0.1) is 0 Å². The normalized spacial score (nSPS) is 17.5. The molecule has 1 saturated heterocycles. The molecule has 1 amide bonds. The fourth-order valence-electron chi connectivity index (χ4n) is 3.80. The molecule has 1 aliphatic carbocycles. The molecule has 1 atom stereocenters. The number of hydrogen-bond donors (Lipinski definition) is 1. The minimum absolute atomic E-state index is 0.114. The summed E-state index contributed by atoms with van der Waals surface area (Å²) in [5, 5.41) is 3.48. The molecule has 2 aromatic rings. The maximum Gasteiger partial charge on any atom is 0.245 e. The third kappa shape index (κ3) is 3.85. The maximum atomic E-state index is 13.2. The van der Waals surface area contributed by atoms with Gasteiger partial charge in [0.25, 0.3) is 0 Å². The van der Waals surface area contributed by atoms with Gasteiger partial charge in [-0.05, 0) is 37.3 Å². The average molecular weight is 381 g/mol. The van der Waals surface area contributed by atoms with Crippen LogP contribution in [0, 0.1) is 5.92 Å². The zero-order valence-electron chi connectivity index (χ0n) is 16.5. The molecule has 4 rings (SSSR count). The van der Waals surface area contributed by atoms with E-state index in [2.05, 4.69) is 24.1 Å². The molecule has 0 bridgehead atoms. The van der Waals surface area contributed by atoms with E-state index >= 15 is 0 Å². The second-order valence-corrected chi connectivity index (χ2v) is 7.69. The highest BCUT2D eigenvalue weighted by atomic mass is 16.5. The topological polar surface area (TPSA) is 80.2 Å². The second kappa shape index (κ2) is 8.22. The van der Waals surface area contributed by atoms with E-state index in [1.807, 2.05) is 23.1 Å². The van der Waals surface area contributed by atoms with E-state index in [9.17, 15) is 4.79 Å². The number of morpholine rings is 1. The minimum Gasteiger partial charge on any atom is -0.378 e. The summed E-state index contributed by atoms with van der Waals surface area (Å²) in [7, 11) is 0. The molecule has 2 aromatic heterocycles. The van der Waals surface area contributed by atoms with E-state index in [-0.39, 0.29) is 17.9 Å². The molecular formula is C21H27N5O2. The van der Waals surface area contributed by atoms with E-state index < -0.39 is 0 Å². The summed E-state index contributed by atoms with van der Waals surface area (Å²) in [5.74, 6) is 1.65. The first-order chi connectivity index (χ1) is 13.6. The standard InChI is InChI=1S/C21H27N5O2/c1-14(2)18(21(27)26-10-12-28-13-11-26)24-19-15-6-5-8-16(15)23-20(25-19)17-7-3-4-9-22-17/h3-4,7,9,14,18H,5-6,8,10-13H2,1-2H3,(H,23,24,25). The summed E-state index contributed by atoms with van der Waals surface area (Å²) in [6, 6.07) is 5.41. The molecule has 148 valence electrons. The molecule has 0 radical (unpaired) electrons. The van der Waals surface area contributed by atoms with Crippen LogP contribution in [-0.4, -0.2) is 58.1 Å². The molecule has 1 N–H and O–H groups in total. The van der Waals surface area contributed by atoms with Crippen molar-refractivity contribution in [2.24, 2.45) is 5.92 Å². The van der Waals surface area contributed by atoms with Gasteiger partial charge in [-0.2, -0.15) is 0 Å². The molecule has 0 aromatic carbocycles. The van der Waals surface area contributed by atoms with E-state index in [1.54, 1.807) is 6.20 Å². The number of rotatable bonds is 5. The van der Waals surface area contributed by atoms with Crippen LogP contribution in [0.3, 0.4) is 0 Å². The molecule has 28 heavy (non-hydrogen) atoms. The van der Waals surface area contributed by atoms with Gasteiger partial charge in [0.05, 0.1) is 13.2 Å². The molecule has 0 spiro atoms. The summed E-state index contributed by atoms with van der Waals surface area (Å²) in [6.45, 7) is 6.62. The molecule has 1 fully saturated rings. The highest BCUT2D eigenvalue weighted by Crippen LogP contribution is 2.30.